The van der Waals surface area contributed by atoms with E-state index >= 15 is 0 Å². The first-order chi connectivity index (χ1) is 9.49. The molecule has 0 saturated heterocycles. The molecule has 2 aromatic rings. The molecule has 0 radical (unpaired) electrons. The third-order valence-corrected chi connectivity index (χ3v) is 3.20. The van der Waals surface area contributed by atoms with Crippen molar-refractivity contribution >= 4 is 0 Å². The summed E-state index contributed by atoms with van der Waals surface area (Å²) >= 11 is 0. The second-order valence-corrected chi connectivity index (χ2v) is 6.00. The Hall–Kier alpha value is -2.05. The van der Waals surface area contributed by atoms with Gasteiger partial charge in [0.15, 0.2) is 0 Å². The van der Waals surface area contributed by atoms with E-state index in [2.05, 4.69) is 55.1 Å². The van der Waals surface area contributed by atoms with E-state index in [1.54, 1.807) is 0 Å². The number of aromatic nitrogens is 1. The van der Waals surface area contributed by atoms with Crippen LogP contribution in [0.25, 0.3) is 0 Å². The molecule has 3 heteroatoms. The Morgan fingerprint density at radius 1 is 1.15 bits per heavy atom. The van der Waals surface area contributed by atoms with Crippen LogP contribution in [0, 0.1) is 11.3 Å². The average molecular weight is 267 g/mol. The van der Waals surface area contributed by atoms with E-state index < -0.39 is 0 Å². The van der Waals surface area contributed by atoms with Crippen molar-refractivity contribution in [2.45, 2.75) is 39.4 Å². The zero-order valence-corrected chi connectivity index (χ0v) is 12.4. The zero-order valence-electron chi connectivity index (χ0n) is 12.4. The first-order valence-corrected chi connectivity index (χ1v) is 6.86. The molecule has 0 saturated carbocycles. The van der Waals surface area contributed by atoms with Gasteiger partial charge in [-0.25, -0.2) is 0 Å². The van der Waals surface area contributed by atoms with Crippen molar-refractivity contribution in [2.75, 3.05) is 0 Å². The molecule has 0 aliphatic heterocycles. The highest BCUT2D eigenvalue weighted by Crippen LogP contribution is 2.13. The molecule has 0 fully saturated rings. The summed E-state index contributed by atoms with van der Waals surface area (Å²) in [5.74, 6) is 0. The summed E-state index contributed by atoms with van der Waals surface area (Å²) in [5, 5.41) is 12.6. The van der Waals surface area contributed by atoms with Gasteiger partial charge in [-0.1, -0.05) is 18.2 Å². The molecule has 0 aliphatic rings. The van der Waals surface area contributed by atoms with E-state index in [-0.39, 0.29) is 5.54 Å². The number of rotatable bonds is 4. The van der Waals surface area contributed by atoms with E-state index in [1.807, 2.05) is 24.3 Å². The lowest BCUT2D eigenvalue weighted by molar-refractivity contribution is 0.417. The highest BCUT2D eigenvalue weighted by molar-refractivity contribution is 5.37. The molecule has 0 atom stereocenters. The number of hydrogen-bond donors (Lipinski definition) is 1. The van der Waals surface area contributed by atoms with Gasteiger partial charge in [-0.3, -0.25) is 0 Å². The van der Waals surface area contributed by atoms with Crippen LogP contribution >= 0.6 is 0 Å². The lowest BCUT2D eigenvalue weighted by Gasteiger charge is -2.21. The number of nitrogens with one attached hydrogen (secondary N) is 1. The van der Waals surface area contributed by atoms with E-state index in [0.29, 0.717) is 0 Å². The highest BCUT2D eigenvalue weighted by Gasteiger charge is 2.10. The molecular weight excluding hydrogens is 246 g/mol. The van der Waals surface area contributed by atoms with Gasteiger partial charge >= 0.3 is 0 Å². The van der Waals surface area contributed by atoms with E-state index in [9.17, 15) is 0 Å². The summed E-state index contributed by atoms with van der Waals surface area (Å²) in [6, 6.07) is 14.2. The van der Waals surface area contributed by atoms with Crippen molar-refractivity contribution in [1.82, 2.24) is 9.88 Å². The summed E-state index contributed by atoms with van der Waals surface area (Å²) < 4.78 is 2.19. The number of hydrogen-bond acceptors (Lipinski definition) is 2. The average Bonchev–Trinajstić information content (AvgIpc) is 2.83. The third kappa shape index (κ3) is 3.72. The largest absolute Gasteiger partial charge is 0.346 e. The number of benzene rings is 1. The lowest BCUT2D eigenvalue weighted by Crippen LogP contribution is -2.35. The van der Waals surface area contributed by atoms with Gasteiger partial charge in [0, 0.05) is 30.5 Å². The minimum absolute atomic E-state index is 0.0969. The topological polar surface area (TPSA) is 40.8 Å². The fraction of sp³-hybridized carbons (Fsp3) is 0.353. The van der Waals surface area contributed by atoms with Crippen LogP contribution in [0.5, 0.6) is 0 Å². The van der Waals surface area contributed by atoms with Gasteiger partial charge in [0.1, 0.15) is 0 Å². The van der Waals surface area contributed by atoms with Crippen molar-refractivity contribution < 1.29 is 0 Å². The van der Waals surface area contributed by atoms with Crippen LogP contribution in [0.3, 0.4) is 0 Å². The van der Waals surface area contributed by atoms with Crippen LogP contribution in [0.4, 0.5) is 0 Å². The van der Waals surface area contributed by atoms with Crippen LogP contribution in [-0.2, 0) is 13.1 Å². The summed E-state index contributed by atoms with van der Waals surface area (Å²) in [6.45, 7) is 8.03. The molecule has 104 valence electrons. The molecule has 0 aliphatic carbocycles. The van der Waals surface area contributed by atoms with Gasteiger partial charge in [-0.05, 0) is 44.5 Å². The van der Waals surface area contributed by atoms with Crippen molar-refractivity contribution in [1.29, 1.82) is 5.26 Å². The minimum atomic E-state index is 0.0969. The third-order valence-electron chi connectivity index (χ3n) is 3.20. The quantitative estimate of drug-likeness (QED) is 0.923. The van der Waals surface area contributed by atoms with Crippen LogP contribution in [0.15, 0.2) is 42.6 Å². The van der Waals surface area contributed by atoms with Crippen LogP contribution in [-0.4, -0.2) is 10.1 Å². The number of nitriles is 1. The first kappa shape index (κ1) is 14.4. The van der Waals surface area contributed by atoms with Gasteiger partial charge in [0.2, 0.25) is 0 Å². The molecule has 1 heterocycles. The molecule has 0 spiro atoms. The Labute approximate surface area is 120 Å². The fourth-order valence-electron chi connectivity index (χ4n) is 2.07. The summed E-state index contributed by atoms with van der Waals surface area (Å²) in [4.78, 5) is 0. The van der Waals surface area contributed by atoms with Gasteiger partial charge < -0.3 is 9.88 Å². The Bertz CT molecular complexity index is 612. The van der Waals surface area contributed by atoms with Crippen molar-refractivity contribution in [3.8, 4) is 6.07 Å². The molecule has 1 aromatic carbocycles. The van der Waals surface area contributed by atoms with Gasteiger partial charge in [0.25, 0.3) is 0 Å². The summed E-state index contributed by atoms with van der Waals surface area (Å²) in [6.07, 6.45) is 2.06. The van der Waals surface area contributed by atoms with E-state index in [0.717, 1.165) is 24.2 Å². The maximum Gasteiger partial charge on any atom is 0.0995 e. The Morgan fingerprint density at radius 2 is 1.90 bits per heavy atom. The van der Waals surface area contributed by atoms with Gasteiger partial charge in [-0.2, -0.15) is 5.26 Å². The zero-order chi connectivity index (χ0) is 14.6. The smallest absolute Gasteiger partial charge is 0.0995 e. The van der Waals surface area contributed by atoms with Crippen molar-refractivity contribution in [3.05, 3.63) is 59.4 Å². The maximum absolute atomic E-state index is 9.15. The molecule has 0 bridgehead atoms. The lowest BCUT2D eigenvalue weighted by atomic mass is 10.1. The Balaban J connectivity index is 2.15. The fourth-order valence-corrected chi connectivity index (χ4v) is 2.07. The molecule has 0 unspecified atom stereocenters. The predicted octanol–water partition coefficient (Wildman–Crippen LogP) is 3.30. The second kappa shape index (κ2) is 5.94. The normalized spacial score (nSPS) is 11.3. The minimum Gasteiger partial charge on any atom is -0.346 e. The standard InChI is InChI=1S/C17H21N3/c1-17(2,3)19-12-16-9-6-10-20(16)13-15-8-5-4-7-14(15)11-18/h4-10,19H,12-13H2,1-3H3. The van der Waals surface area contributed by atoms with E-state index in [4.69, 9.17) is 5.26 Å². The van der Waals surface area contributed by atoms with Crippen molar-refractivity contribution in [3.63, 3.8) is 0 Å². The van der Waals surface area contributed by atoms with Crippen LogP contribution in [0.2, 0.25) is 0 Å². The Kier molecular flexibility index (Phi) is 4.26. The summed E-state index contributed by atoms with van der Waals surface area (Å²) in [7, 11) is 0. The Morgan fingerprint density at radius 3 is 2.60 bits per heavy atom. The summed E-state index contributed by atoms with van der Waals surface area (Å²) in [5.41, 5.74) is 3.13. The van der Waals surface area contributed by atoms with Gasteiger partial charge in [0.05, 0.1) is 11.6 Å². The molecule has 20 heavy (non-hydrogen) atoms. The monoisotopic (exact) mass is 267 g/mol. The number of nitrogens with zero attached hydrogens (tertiary/aromatic N) is 2. The van der Waals surface area contributed by atoms with Crippen LogP contribution < -0.4 is 5.32 Å². The SMILES string of the molecule is CC(C)(C)NCc1cccn1Cc1ccccc1C#N. The molecule has 0 amide bonds. The van der Waals surface area contributed by atoms with E-state index in [1.165, 1.54) is 5.69 Å². The molecular formula is C17H21N3. The molecule has 1 N–H and O–H groups in total. The maximum atomic E-state index is 9.15. The van der Waals surface area contributed by atoms with Crippen molar-refractivity contribution in [2.24, 2.45) is 0 Å². The van der Waals surface area contributed by atoms with Crippen LogP contribution in [0.1, 0.15) is 37.6 Å². The molecule has 1 aromatic heterocycles. The first-order valence-electron chi connectivity index (χ1n) is 6.86. The van der Waals surface area contributed by atoms with Gasteiger partial charge in [-0.15, -0.1) is 0 Å². The predicted molar refractivity (Wildman–Crippen MR) is 81.3 cm³/mol. The molecule has 2 rings (SSSR count). The molecule has 3 nitrogen and oxygen atoms in total. The highest BCUT2D eigenvalue weighted by atomic mass is 15.0. The second-order valence-electron chi connectivity index (χ2n) is 6.00.